The van der Waals surface area contributed by atoms with Gasteiger partial charge in [-0.05, 0) is 37.3 Å². The van der Waals surface area contributed by atoms with Crippen molar-refractivity contribution < 1.29 is 0 Å². The number of hydrogen-bond donors (Lipinski definition) is 1. The third kappa shape index (κ3) is 1.88. The molecule has 3 nitrogen and oxygen atoms in total. The summed E-state index contributed by atoms with van der Waals surface area (Å²) < 4.78 is 2.84. The zero-order valence-electron chi connectivity index (χ0n) is 10.9. The van der Waals surface area contributed by atoms with Crippen molar-refractivity contribution in [3.05, 3.63) is 24.0 Å². The zero-order chi connectivity index (χ0) is 12.8. The monoisotopic (exact) mass is 261 g/mol. The van der Waals surface area contributed by atoms with Crippen LogP contribution in [0.5, 0.6) is 0 Å². The van der Waals surface area contributed by atoms with Crippen molar-refractivity contribution in [3.8, 4) is 0 Å². The summed E-state index contributed by atoms with van der Waals surface area (Å²) in [4.78, 5) is 4.71. The molecule has 0 bridgehead atoms. The van der Waals surface area contributed by atoms with Crippen molar-refractivity contribution >= 4 is 28.5 Å². The van der Waals surface area contributed by atoms with Gasteiger partial charge in [0.15, 0.2) is 0 Å². The average molecular weight is 261 g/mol. The summed E-state index contributed by atoms with van der Waals surface area (Å²) in [7, 11) is 0. The van der Waals surface area contributed by atoms with Gasteiger partial charge in [-0.3, -0.25) is 0 Å². The number of nitrogen functional groups attached to an aromatic ring is 1. The first-order valence-corrected chi connectivity index (χ1v) is 7.70. The summed E-state index contributed by atoms with van der Waals surface area (Å²) >= 11 is 1.99. The highest BCUT2D eigenvalue weighted by Crippen LogP contribution is 2.49. The van der Waals surface area contributed by atoms with E-state index in [1.165, 1.54) is 24.2 Å². The molecule has 4 heteroatoms. The summed E-state index contributed by atoms with van der Waals surface area (Å²) in [5, 5.41) is 0. The highest BCUT2D eigenvalue weighted by molar-refractivity contribution is 8.00. The van der Waals surface area contributed by atoms with Crippen LogP contribution in [0.2, 0.25) is 0 Å². The van der Waals surface area contributed by atoms with Gasteiger partial charge in [-0.25, -0.2) is 4.98 Å². The molecule has 0 saturated heterocycles. The van der Waals surface area contributed by atoms with E-state index in [4.69, 9.17) is 10.7 Å². The summed E-state index contributed by atoms with van der Waals surface area (Å²) in [6.45, 7) is 3.25. The number of imidazole rings is 1. The Hall–Kier alpha value is -1.16. The van der Waals surface area contributed by atoms with Crippen LogP contribution in [0.15, 0.2) is 18.2 Å². The first-order valence-electron chi connectivity index (χ1n) is 6.47. The molecule has 3 rings (SSSR count). The Morgan fingerprint density at radius 1 is 1.44 bits per heavy atom. The van der Waals surface area contributed by atoms with Crippen molar-refractivity contribution in [2.45, 2.75) is 37.5 Å². The van der Waals surface area contributed by atoms with Gasteiger partial charge in [-0.1, -0.05) is 6.92 Å². The first-order chi connectivity index (χ1) is 8.67. The normalized spacial score (nSPS) is 17.2. The number of fused-ring (bicyclic) bond motifs is 1. The Balaban J connectivity index is 2.08. The number of nitrogens with two attached hydrogens (primary N) is 1. The molecule has 18 heavy (non-hydrogen) atoms. The van der Waals surface area contributed by atoms with Crippen molar-refractivity contribution in [2.75, 3.05) is 12.0 Å². The quantitative estimate of drug-likeness (QED) is 0.860. The number of aromatic nitrogens is 2. The van der Waals surface area contributed by atoms with Gasteiger partial charge in [-0.15, -0.1) is 0 Å². The lowest BCUT2D eigenvalue weighted by molar-refractivity contribution is 0.644. The van der Waals surface area contributed by atoms with Gasteiger partial charge in [0, 0.05) is 23.4 Å². The molecule has 2 aromatic rings. The van der Waals surface area contributed by atoms with Crippen molar-refractivity contribution in [3.63, 3.8) is 0 Å². The average Bonchev–Trinajstić information content (AvgIpc) is 3.07. The minimum absolute atomic E-state index is 0.457. The van der Waals surface area contributed by atoms with E-state index in [2.05, 4.69) is 23.8 Å². The fourth-order valence-corrected chi connectivity index (χ4v) is 3.27. The molecule has 2 N–H and O–H groups in total. The third-order valence-electron chi connectivity index (χ3n) is 3.85. The van der Waals surface area contributed by atoms with Crippen LogP contribution < -0.4 is 5.73 Å². The van der Waals surface area contributed by atoms with Gasteiger partial charge in [0.1, 0.15) is 5.82 Å². The number of rotatable bonds is 4. The van der Waals surface area contributed by atoms with Crippen LogP contribution >= 0.6 is 11.8 Å². The van der Waals surface area contributed by atoms with Crippen molar-refractivity contribution in [1.82, 2.24) is 9.55 Å². The number of anilines is 1. The topological polar surface area (TPSA) is 43.8 Å². The lowest BCUT2D eigenvalue weighted by Crippen LogP contribution is -2.15. The molecule has 0 atom stereocenters. The molecule has 0 aliphatic heterocycles. The van der Waals surface area contributed by atoms with E-state index in [1.807, 2.05) is 23.9 Å². The minimum atomic E-state index is 0.457. The van der Waals surface area contributed by atoms with E-state index in [9.17, 15) is 0 Å². The Kier molecular flexibility index (Phi) is 2.77. The van der Waals surface area contributed by atoms with Crippen LogP contribution in [0.1, 0.15) is 25.6 Å². The molecular formula is C14H19N3S. The maximum atomic E-state index is 5.84. The molecular weight excluding hydrogens is 242 g/mol. The largest absolute Gasteiger partial charge is 0.399 e. The summed E-state index contributed by atoms with van der Waals surface area (Å²) in [6, 6.07) is 6.05. The van der Waals surface area contributed by atoms with E-state index in [0.29, 0.717) is 4.75 Å². The van der Waals surface area contributed by atoms with Crippen LogP contribution in [0.3, 0.4) is 0 Å². The second-order valence-electron chi connectivity index (χ2n) is 5.10. The van der Waals surface area contributed by atoms with Gasteiger partial charge in [-0.2, -0.15) is 11.8 Å². The third-order valence-corrected chi connectivity index (χ3v) is 5.26. The van der Waals surface area contributed by atoms with Gasteiger partial charge >= 0.3 is 0 Å². The molecule has 1 saturated carbocycles. The molecule has 1 aromatic carbocycles. The maximum Gasteiger partial charge on any atom is 0.109 e. The van der Waals surface area contributed by atoms with Gasteiger partial charge in [0.2, 0.25) is 0 Å². The minimum Gasteiger partial charge on any atom is -0.399 e. The highest BCUT2D eigenvalue weighted by Gasteiger charge is 2.42. The zero-order valence-corrected chi connectivity index (χ0v) is 11.8. The lowest BCUT2D eigenvalue weighted by atomic mass is 10.2. The SMILES string of the molecule is CCc1nc2cc(N)ccc2n1CC1(SC)CC1. The standard InChI is InChI=1S/C14H19N3S/c1-3-13-16-11-8-10(15)4-5-12(11)17(13)9-14(18-2)6-7-14/h4-5,8H,3,6-7,9,15H2,1-2H3. The molecule has 1 fully saturated rings. The predicted molar refractivity (Wildman–Crippen MR) is 79.0 cm³/mol. The Morgan fingerprint density at radius 2 is 2.22 bits per heavy atom. The molecule has 0 radical (unpaired) electrons. The summed E-state index contributed by atoms with van der Waals surface area (Å²) in [6.07, 6.45) is 5.84. The Bertz CT molecular complexity index is 584. The molecule has 0 unspecified atom stereocenters. The molecule has 0 spiro atoms. The van der Waals surface area contributed by atoms with E-state index < -0.39 is 0 Å². The van der Waals surface area contributed by atoms with E-state index in [-0.39, 0.29) is 0 Å². The first kappa shape index (κ1) is 11.9. The number of hydrogen-bond acceptors (Lipinski definition) is 3. The van der Waals surface area contributed by atoms with Gasteiger partial charge in [0.25, 0.3) is 0 Å². The molecule has 96 valence electrons. The second kappa shape index (κ2) is 4.19. The van der Waals surface area contributed by atoms with Crippen LogP contribution in [0, 0.1) is 0 Å². The fraction of sp³-hybridized carbons (Fsp3) is 0.500. The highest BCUT2D eigenvalue weighted by atomic mass is 32.2. The number of thioether (sulfide) groups is 1. The molecule has 1 aliphatic carbocycles. The second-order valence-corrected chi connectivity index (χ2v) is 6.38. The van der Waals surface area contributed by atoms with Crippen molar-refractivity contribution in [2.24, 2.45) is 0 Å². The molecule has 0 amide bonds. The molecule has 1 heterocycles. The van der Waals surface area contributed by atoms with Crippen LogP contribution in [-0.2, 0) is 13.0 Å². The molecule has 1 aliphatic rings. The maximum absolute atomic E-state index is 5.84. The smallest absolute Gasteiger partial charge is 0.109 e. The molecule has 1 aromatic heterocycles. The number of nitrogens with zero attached hydrogens (tertiary/aromatic N) is 2. The van der Waals surface area contributed by atoms with E-state index >= 15 is 0 Å². The van der Waals surface area contributed by atoms with Crippen molar-refractivity contribution in [1.29, 1.82) is 0 Å². The van der Waals surface area contributed by atoms with E-state index in [1.54, 1.807) is 0 Å². The van der Waals surface area contributed by atoms with Crippen LogP contribution in [0.4, 0.5) is 5.69 Å². The van der Waals surface area contributed by atoms with Crippen LogP contribution in [-0.4, -0.2) is 20.6 Å². The number of aryl methyl sites for hydroxylation is 1. The summed E-state index contributed by atoms with van der Waals surface area (Å²) in [5.74, 6) is 1.18. The Labute approximate surface area is 112 Å². The predicted octanol–water partition coefficient (Wildman–Crippen LogP) is 3.08. The lowest BCUT2D eigenvalue weighted by Gasteiger charge is -2.15. The van der Waals surface area contributed by atoms with Gasteiger partial charge in [0.05, 0.1) is 11.0 Å². The fourth-order valence-electron chi connectivity index (χ4n) is 2.50. The number of benzene rings is 1. The Morgan fingerprint density at radius 3 is 2.83 bits per heavy atom. The van der Waals surface area contributed by atoms with E-state index in [0.717, 1.165) is 24.2 Å². The van der Waals surface area contributed by atoms with Gasteiger partial charge < -0.3 is 10.3 Å². The summed E-state index contributed by atoms with van der Waals surface area (Å²) in [5.41, 5.74) is 8.88. The van der Waals surface area contributed by atoms with Crippen LogP contribution in [0.25, 0.3) is 11.0 Å².